The number of imidazole rings is 1. The fourth-order valence-corrected chi connectivity index (χ4v) is 3.31. The fourth-order valence-electron chi connectivity index (χ4n) is 3.31. The molecule has 0 saturated carbocycles. The first-order chi connectivity index (χ1) is 11.7. The first-order valence-corrected chi connectivity index (χ1v) is 8.28. The quantitative estimate of drug-likeness (QED) is 0.712. The van der Waals surface area contributed by atoms with E-state index in [0.717, 1.165) is 36.5 Å². The Balaban J connectivity index is 0.00000121. The van der Waals surface area contributed by atoms with Crippen molar-refractivity contribution in [1.29, 1.82) is 0 Å². The monoisotopic (exact) mass is 395 g/mol. The minimum absolute atomic E-state index is 0. The van der Waals surface area contributed by atoms with Crippen molar-refractivity contribution >= 4 is 24.8 Å². The Morgan fingerprint density at radius 3 is 2.77 bits per heavy atom. The molecular weight excluding hydrogens is 373 g/mol. The lowest BCUT2D eigenvalue weighted by Gasteiger charge is -2.33. The highest BCUT2D eigenvalue weighted by Crippen LogP contribution is 2.24. The van der Waals surface area contributed by atoms with Gasteiger partial charge in [-0.15, -0.1) is 24.8 Å². The molecule has 6 nitrogen and oxygen atoms in total. The van der Waals surface area contributed by atoms with Crippen molar-refractivity contribution in [2.24, 2.45) is 0 Å². The van der Waals surface area contributed by atoms with E-state index >= 15 is 0 Å². The zero-order chi connectivity index (χ0) is 16.4. The highest BCUT2D eigenvalue weighted by atomic mass is 35.5. The summed E-state index contributed by atoms with van der Waals surface area (Å²) in [5, 5.41) is 18.4. The van der Waals surface area contributed by atoms with Gasteiger partial charge in [0.05, 0.1) is 17.8 Å². The Kier molecular flexibility index (Phi) is 6.83. The zero-order valence-corrected chi connectivity index (χ0v) is 15.9. The van der Waals surface area contributed by atoms with Gasteiger partial charge >= 0.3 is 0 Å². The van der Waals surface area contributed by atoms with Crippen LogP contribution in [0.4, 0.5) is 0 Å². The van der Waals surface area contributed by atoms with Crippen molar-refractivity contribution < 1.29 is 5.11 Å². The second-order valence-corrected chi connectivity index (χ2v) is 6.38. The van der Waals surface area contributed by atoms with E-state index in [1.807, 2.05) is 45.9 Å². The van der Waals surface area contributed by atoms with Gasteiger partial charge in [-0.2, -0.15) is 5.10 Å². The van der Waals surface area contributed by atoms with E-state index in [1.54, 1.807) is 12.4 Å². The molecule has 2 aromatic heterocycles. The van der Waals surface area contributed by atoms with Crippen LogP contribution in [0.25, 0.3) is 17.1 Å². The summed E-state index contributed by atoms with van der Waals surface area (Å²) >= 11 is 0. The number of aliphatic hydroxyl groups is 1. The summed E-state index contributed by atoms with van der Waals surface area (Å²) in [6.45, 7) is 2.14. The van der Waals surface area contributed by atoms with Gasteiger partial charge in [0.2, 0.25) is 0 Å². The summed E-state index contributed by atoms with van der Waals surface area (Å²) in [6.07, 6.45) is 9.21. The molecule has 1 aliphatic heterocycles. The van der Waals surface area contributed by atoms with Crippen LogP contribution in [0.2, 0.25) is 0 Å². The third-order valence-electron chi connectivity index (χ3n) is 4.50. The number of aromatic nitrogens is 4. The van der Waals surface area contributed by atoms with Crippen LogP contribution in [0.5, 0.6) is 0 Å². The van der Waals surface area contributed by atoms with Crippen LogP contribution in [-0.4, -0.2) is 43.1 Å². The number of hydrogen-bond acceptors (Lipinski definition) is 4. The lowest BCUT2D eigenvalue weighted by molar-refractivity contribution is 0.00106. The molecule has 2 N–H and O–H groups in total. The van der Waals surface area contributed by atoms with E-state index in [0.29, 0.717) is 13.1 Å². The molecule has 0 spiro atoms. The number of piperidine rings is 1. The molecule has 1 saturated heterocycles. The zero-order valence-electron chi connectivity index (χ0n) is 14.3. The van der Waals surface area contributed by atoms with Crippen LogP contribution in [0.1, 0.15) is 12.8 Å². The first-order valence-electron chi connectivity index (χ1n) is 8.28. The van der Waals surface area contributed by atoms with Crippen LogP contribution in [0, 0.1) is 0 Å². The number of benzene rings is 1. The molecular formula is C18H23Cl2N5O. The predicted molar refractivity (Wildman–Crippen MR) is 106 cm³/mol. The van der Waals surface area contributed by atoms with Crippen LogP contribution in [-0.2, 0) is 6.54 Å². The van der Waals surface area contributed by atoms with Gasteiger partial charge in [-0.25, -0.2) is 9.67 Å². The van der Waals surface area contributed by atoms with Gasteiger partial charge < -0.3 is 15.0 Å². The average Bonchev–Trinajstić information content (AvgIpc) is 3.27. The Morgan fingerprint density at radius 1 is 1.15 bits per heavy atom. The fraction of sp³-hybridized carbons (Fsp3) is 0.333. The van der Waals surface area contributed by atoms with E-state index in [-0.39, 0.29) is 24.8 Å². The molecule has 1 fully saturated rings. The molecule has 0 bridgehead atoms. The molecule has 1 unspecified atom stereocenters. The summed E-state index contributed by atoms with van der Waals surface area (Å²) in [4.78, 5) is 4.51. The molecule has 8 heteroatoms. The third-order valence-corrected chi connectivity index (χ3v) is 4.50. The predicted octanol–water partition coefficient (Wildman–Crippen LogP) is 2.69. The number of rotatable bonds is 4. The Labute approximate surface area is 165 Å². The smallest absolute Gasteiger partial charge is 0.140 e. The molecule has 0 aliphatic carbocycles. The molecule has 0 radical (unpaired) electrons. The Hall–Kier alpha value is -1.86. The van der Waals surface area contributed by atoms with Gasteiger partial charge in [0, 0.05) is 36.9 Å². The highest BCUT2D eigenvalue weighted by molar-refractivity contribution is 5.85. The Morgan fingerprint density at radius 2 is 2.04 bits per heavy atom. The van der Waals surface area contributed by atoms with Crippen LogP contribution in [0.15, 0.2) is 55.1 Å². The molecule has 1 aliphatic rings. The lowest BCUT2D eigenvalue weighted by Crippen LogP contribution is -2.48. The lowest BCUT2D eigenvalue weighted by atomic mass is 9.94. The number of β-amino-alcohol motifs (C(OH)–C–C–N with tert-alkyl or cyclic N) is 1. The second kappa shape index (κ2) is 8.68. The SMILES string of the molecule is Cl.Cl.OC1(Cn2ccnc2-c2cccc(-n3cccn3)c2)CCCNC1. The van der Waals surface area contributed by atoms with Crippen molar-refractivity contribution in [3.8, 4) is 17.1 Å². The van der Waals surface area contributed by atoms with Crippen LogP contribution in [0.3, 0.4) is 0 Å². The summed E-state index contributed by atoms with van der Waals surface area (Å²) in [5.74, 6) is 0.864. The minimum Gasteiger partial charge on any atom is -0.387 e. The van der Waals surface area contributed by atoms with Gasteiger partial charge in [-0.05, 0) is 37.6 Å². The summed E-state index contributed by atoms with van der Waals surface area (Å²) < 4.78 is 3.87. The first kappa shape index (κ1) is 20.5. The van der Waals surface area contributed by atoms with E-state index in [1.165, 1.54) is 0 Å². The standard InChI is InChI=1S/C18H21N5O.2ClH/c24-18(6-2-7-19-13-18)14-22-11-9-20-17(22)15-4-1-5-16(12-15)23-10-3-8-21-23;;/h1,3-5,8-12,19,24H,2,6-7,13-14H2;2*1H. The van der Waals surface area contributed by atoms with E-state index < -0.39 is 5.60 Å². The van der Waals surface area contributed by atoms with Crippen LogP contribution < -0.4 is 5.32 Å². The summed E-state index contributed by atoms with van der Waals surface area (Å²) in [7, 11) is 0. The number of nitrogens with one attached hydrogen (secondary N) is 1. The van der Waals surface area contributed by atoms with E-state index in [2.05, 4.69) is 21.5 Å². The van der Waals surface area contributed by atoms with Crippen molar-refractivity contribution in [1.82, 2.24) is 24.6 Å². The molecule has 3 aromatic rings. The second-order valence-electron chi connectivity index (χ2n) is 6.38. The van der Waals surface area contributed by atoms with E-state index in [4.69, 9.17) is 0 Å². The average molecular weight is 396 g/mol. The maximum atomic E-state index is 10.8. The molecule has 140 valence electrons. The van der Waals surface area contributed by atoms with Gasteiger partial charge in [0.15, 0.2) is 0 Å². The molecule has 1 atom stereocenters. The van der Waals surface area contributed by atoms with Gasteiger partial charge in [0.25, 0.3) is 0 Å². The normalized spacial score (nSPS) is 19.4. The molecule has 3 heterocycles. The van der Waals surface area contributed by atoms with Gasteiger partial charge in [-0.3, -0.25) is 0 Å². The van der Waals surface area contributed by atoms with E-state index in [9.17, 15) is 5.11 Å². The summed E-state index contributed by atoms with van der Waals surface area (Å²) in [6, 6.07) is 10.0. The molecule has 4 rings (SSSR count). The van der Waals surface area contributed by atoms with Crippen LogP contribution >= 0.6 is 24.8 Å². The van der Waals surface area contributed by atoms with Gasteiger partial charge in [0.1, 0.15) is 5.82 Å². The largest absolute Gasteiger partial charge is 0.387 e. The third kappa shape index (κ3) is 4.27. The maximum absolute atomic E-state index is 10.8. The topological polar surface area (TPSA) is 67.9 Å². The van der Waals surface area contributed by atoms with Crippen molar-refractivity contribution in [3.63, 3.8) is 0 Å². The number of hydrogen-bond donors (Lipinski definition) is 2. The molecule has 1 aromatic carbocycles. The summed E-state index contributed by atoms with van der Waals surface area (Å²) in [5.41, 5.74) is 1.29. The number of halogens is 2. The molecule has 0 amide bonds. The van der Waals surface area contributed by atoms with Crippen molar-refractivity contribution in [3.05, 3.63) is 55.1 Å². The minimum atomic E-state index is -0.715. The maximum Gasteiger partial charge on any atom is 0.140 e. The van der Waals surface area contributed by atoms with Crippen molar-refractivity contribution in [2.45, 2.75) is 25.0 Å². The van der Waals surface area contributed by atoms with Crippen molar-refractivity contribution in [2.75, 3.05) is 13.1 Å². The van der Waals surface area contributed by atoms with Gasteiger partial charge in [-0.1, -0.05) is 12.1 Å². The molecule has 26 heavy (non-hydrogen) atoms. The highest BCUT2D eigenvalue weighted by Gasteiger charge is 2.30. The Bertz CT molecular complexity index is 813. The number of nitrogens with zero attached hydrogens (tertiary/aromatic N) is 4.